The van der Waals surface area contributed by atoms with E-state index in [9.17, 15) is 4.79 Å². The monoisotopic (exact) mass is 400 g/mol. The van der Waals surface area contributed by atoms with Gasteiger partial charge in [0.25, 0.3) is 0 Å². The molecule has 0 radical (unpaired) electrons. The number of aryl methyl sites for hydroxylation is 1. The zero-order valence-electron chi connectivity index (χ0n) is 18.0. The van der Waals surface area contributed by atoms with Crippen molar-refractivity contribution < 1.29 is 4.79 Å². The smallest absolute Gasteiger partial charge is 0.226 e. The molecular formula is C27H32N2O. The first-order chi connectivity index (χ1) is 14.7. The highest BCUT2D eigenvalue weighted by Crippen LogP contribution is 2.27. The Labute approximate surface area is 180 Å². The molecule has 2 aromatic carbocycles. The summed E-state index contributed by atoms with van der Waals surface area (Å²) >= 11 is 0. The third-order valence-electron chi connectivity index (χ3n) is 6.36. The molecule has 0 bridgehead atoms. The van der Waals surface area contributed by atoms with Crippen LogP contribution in [0.25, 0.3) is 0 Å². The van der Waals surface area contributed by atoms with Crippen molar-refractivity contribution in [2.24, 2.45) is 5.92 Å². The van der Waals surface area contributed by atoms with Gasteiger partial charge in [0.2, 0.25) is 5.91 Å². The summed E-state index contributed by atoms with van der Waals surface area (Å²) in [6.45, 7) is 4.33. The van der Waals surface area contributed by atoms with Crippen LogP contribution in [0.4, 0.5) is 0 Å². The van der Waals surface area contributed by atoms with Crippen molar-refractivity contribution in [3.05, 3.63) is 95.3 Å². The van der Waals surface area contributed by atoms with Crippen LogP contribution in [-0.4, -0.2) is 15.4 Å². The fraction of sp³-hybridized carbons (Fsp3) is 0.370. The van der Waals surface area contributed by atoms with Crippen molar-refractivity contribution in [3.8, 4) is 0 Å². The van der Waals surface area contributed by atoms with Crippen molar-refractivity contribution in [3.63, 3.8) is 0 Å². The first kappa shape index (κ1) is 20.5. The topological polar surface area (TPSA) is 25.2 Å². The van der Waals surface area contributed by atoms with E-state index in [1.165, 1.54) is 41.6 Å². The quantitative estimate of drug-likeness (QED) is 0.481. The maximum atomic E-state index is 13.5. The van der Waals surface area contributed by atoms with Crippen LogP contribution in [0.3, 0.4) is 0 Å². The first-order valence-corrected chi connectivity index (χ1v) is 11.2. The van der Waals surface area contributed by atoms with Crippen molar-refractivity contribution in [1.82, 2.24) is 9.47 Å². The van der Waals surface area contributed by atoms with E-state index in [4.69, 9.17) is 0 Å². The fourth-order valence-corrected chi connectivity index (χ4v) is 4.54. The van der Waals surface area contributed by atoms with Crippen LogP contribution in [0.5, 0.6) is 0 Å². The maximum absolute atomic E-state index is 13.5. The van der Waals surface area contributed by atoms with E-state index in [-0.39, 0.29) is 5.92 Å². The van der Waals surface area contributed by atoms with Gasteiger partial charge in [-0.1, -0.05) is 73.9 Å². The molecule has 0 atom stereocenters. The Balaban J connectivity index is 1.55. The summed E-state index contributed by atoms with van der Waals surface area (Å²) in [7, 11) is 0. The Morgan fingerprint density at radius 2 is 1.63 bits per heavy atom. The molecule has 1 aliphatic carbocycles. The second-order valence-corrected chi connectivity index (χ2v) is 8.57. The van der Waals surface area contributed by atoms with E-state index in [2.05, 4.69) is 83.3 Å². The second-order valence-electron chi connectivity index (χ2n) is 8.57. The van der Waals surface area contributed by atoms with Crippen LogP contribution in [-0.2, 0) is 24.4 Å². The number of hydrogen-bond donors (Lipinski definition) is 0. The molecule has 30 heavy (non-hydrogen) atoms. The number of nitrogens with zero attached hydrogens (tertiary/aromatic N) is 2. The molecule has 1 aromatic heterocycles. The Hall–Kier alpha value is -2.81. The average Bonchev–Trinajstić information content (AvgIpc) is 3.22. The highest BCUT2D eigenvalue weighted by atomic mass is 16.2. The van der Waals surface area contributed by atoms with Crippen LogP contribution in [0.1, 0.15) is 54.5 Å². The van der Waals surface area contributed by atoms with Gasteiger partial charge in [-0.2, -0.15) is 0 Å². The van der Waals surface area contributed by atoms with Gasteiger partial charge in [-0.15, -0.1) is 0 Å². The Kier molecular flexibility index (Phi) is 6.68. The number of aromatic nitrogens is 1. The molecule has 1 saturated carbocycles. The normalized spacial score (nSPS) is 14.6. The number of hydrogen-bond acceptors (Lipinski definition) is 1. The molecular weight excluding hydrogens is 368 g/mol. The molecule has 0 spiro atoms. The summed E-state index contributed by atoms with van der Waals surface area (Å²) in [5.74, 6) is 0.504. The van der Waals surface area contributed by atoms with Gasteiger partial charge in [-0.3, -0.25) is 4.79 Å². The number of amides is 1. The van der Waals surface area contributed by atoms with Crippen LogP contribution in [0.2, 0.25) is 0 Å². The minimum absolute atomic E-state index is 0.183. The average molecular weight is 401 g/mol. The van der Waals surface area contributed by atoms with E-state index in [1.807, 2.05) is 6.07 Å². The van der Waals surface area contributed by atoms with Gasteiger partial charge in [0.15, 0.2) is 0 Å². The summed E-state index contributed by atoms with van der Waals surface area (Å²) in [4.78, 5) is 15.5. The van der Waals surface area contributed by atoms with E-state index in [0.29, 0.717) is 19.0 Å². The van der Waals surface area contributed by atoms with E-state index >= 15 is 0 Å². The molecule has 3 nitrogen and oxygen atoms in total. The van der Waals surface area contributed by atoms with Gasteiger partial charge >= 0.3 is 0 Å². The summed E-state index contributed by atoms with van der Waals surface area (Å²) in [5, 5.41) is 0. The molecule has 1 amide bonds. The number of benzene rings is 2. The third kappa shape index (κ3) is 5.02. The molecule has 0 saturated heterocycles. The minimum atomic E-state index is 0.183. The number of carbonyl (C=O) groups is 1. The number of carbonyl (C=O) groups excluding carboxylic acids is 1. The van der Waals surface area contributed by atoms with Crippen molar-refractivity contribution in [2.75, 3.05) is 0 Å². The number of rotatable bonds is 7. The van der Waals surface area contributed by atoms with Gasteiger partial charge in [0, 0.05) is 30.9 Å². The Morgan fingerprint density at radius 1 is 0.900 bits per heavy atom. The highest BCUT2D eigenvalue weighted by molar-refractivity contribution is 5.79. The molecule has 3 aromatic rings. The molecule has 1 aliphatic rings. The Bertz CT molecular complexity index is 954. The van der Waals surface area contributed by atoms with E-state index in [1.54, 1.807) is 0 Å². The zero-order chi connectivity index (χ0) is 20.8. The lowest BCUT2D eigenvalue weighted by atomic mass is 9.88. The molecule has 4 rings (SSSR count). The SMILES string of the molecule is Cc1ccccc1Cn1cccc1CN(Cc1ccccc1)C(=O)C1CCCCC1. The first-order valence-electron chi connectivity index (χ1n) is 11.2. The van der Waals surface area contributed by atoms with Crippen molar-refractivity contribution >= 4 is 5.91 Å². The molecule has 0 aliphatic heterocycles. The minimum Gasteiger partial charge on any atom is -0.345 e. The summed E-state index contributed by atoms with van der Waals surface area (Å²) in [5.41, 5.74) is 5.01. The lowest BCUT2D eigenvalue weighted by molar-refractivity contribution is -0.138. The largest absolute Gasteiger partial charge is 0.345 e. The molecule has 156 valence electrons. The van der Waals surface area contributed by atoms with Gasteiger partial charge in [0.05, 0.1) is 6.54 Å². The van der Waals surface area contributed by atoms with Gasteiger partial charge in [-0.05, 0) is 48.6 Å². The lowest BCUT2D eigenvalue weighted by Crippen LogP contribution is -2.36. The van der Waals surface area contributed by atoms with E-state index < -0.39 is 0 Å². The maximum Gasteiger partial charge on any atom is 0.226 e. The molecule has 0 N–H and O–H groups in total. The second kappa shape index (κ2) is 9.80. The van der Waals surface area contributed by atoms with Crippen LogP contribution < -0.4 is 0 Å². The van der Waals surface area contributed by atoms with Crippen LogP contribution >= 0.6 is 0 Å². The predicted molar refractivity (Wildman–Crippen MR) is 122 cm³/mol. The molecule has 1 fully saturated rings. The molecule has 0 unspecified atom stereocenters. The van der Waals surface area contributed by atoms with Gasteiger partial charge < -0.3 is 9.47 Å². The predicted octanol–water partition coefficient (Wildman–Crippen LogP) is 5.95. The van der Waals surface area contributed by atoms with E-state index in [0.717, 1.165) is 19.4 Å². The standard InChI is InChI=1S/C27H32N2O/c1-22-11-8-9-16-25(22)20-28-18-10-17-26(28)21-29(19-23-12-4-2-5-13-23)27(30)24-14-6-3-7-15-24/h2,4-5,8-13,16-18,24H,3,6-7,14-15,19-21H2,1H3. The van der Waals surface area contributed by atoms with Crippen molar-refractivity contribution in [1.29, 1.82) is 0 Å². The highest BCUT2D eigenvalue weighted by Gasteiger charge is 2.26. The summed E-state index contributed by atoms with van der Waals surface area (Å²) in [6.07, 6.45) is 7.83. The van der Waals surface area contributed by atoms with Crippen LogP contribution in [0, 0.1) is 12.8 Å². The third-order valence-corrected chi connectivity index (χ3v) is 6.36. The van der Waals surface area contributed by atoms with Crippen molar-refractivity contribution in [2.45, 2.75) is 58.7 Å². The molecule has 3 heteroatoms. The van der Waals surface area contributed by atoms with Gasteiger partial charge in [-0.25, -0.2) is 0 Å². The summed E-state index contributed by atoms with van der Waals surface area (Å²) in [6, 6.07) is 23.2. The van der Waals surface area contributed by atoms with Gasteiger partial charge in [0.1, 0.15) is 0 Å². The summed E-state index contributed by atoms with van der Waals surface area (Å²) < 4.78 is 2.29. The zero-order valence-corrected chi connectivity index (χ0v) is 18.0. The Morgan fingerprint density at radius 3 is 2.40 bits per heavy atom. The molecule has 1 heterocycles. The van der Waals surface area contributed by atoms with Crippen LogP contribution in [0.15, 0.2) is 72.9 Å². The fourth-order valence-electron chi connectivity index (χ4n) is 4.54. The lowest BCUT2D eigenvalue weighted by Gasteiger charge is -2.30.